The van der Waals surface area contributed by atoms with Gasteiger partial charge in [-0.2, -0.15) is 0 Å². The van der Waals surface area contributed by atoms with Crippen LogP contribution in [0.4, 0.5) is 0 Å². The van der Waals surface area contributed by atoms with E-state index in [4.69, 9.17) is 4.98 Å². The molecule has 96 valence electrons. The van der Waals surface area contributed by atoms with Gasteiger partial charge in [0.15, 0.2) is 4.96 Å². The minimum atomic E-state index is 0.680. The van der Waals surface area contributed by atoms with E-state index in [1.165, 1.54) is 49.2 Å². The fraction of sp³-hybridized carbons (Fsp3) is 0.667. The first kappa shape index (κ1) is 11.0. The third kappa shape index (κ3) is 1.43. The number of aromatic nitrogens is 2. The van der Waals surface area contributed by atoms with Crippen molar-refractivity contribution in [1.82, 2.24) is 9.38 Å². The van der Waals surface area contributed by atoms with Crippen molar-refractivity contribution in [2.75, 3.05) is 0 Å². The molecule has 2 nitrogen and oxygen atoms in total. The summed E-state index contributed by atoms with van der Waals surface area (Å²) in [5.74, 6) is 1.48. The van der Waals surface area contributed by atoms with E-state index in [1.54, 1.807) is 16.3 Å². The fourth-order valence-electron chi connectivity index (χ4n) is 3.89. The first-order valence-electron chi connectivity index (χ1n) is 7.26. The Bertz CT molecular complexity index is 608. The number of imidazole rings is 1. The van der Waals surface area contributed by atoms with Gasteiger partial charge in [0.25, 0.3) is 0 Å². The van der Waals surface area contributed by atoms with Gasteiger partial charge in [-0.05, 0) is 50.4 Å². The Kier molecular flexibility index (Phi) is 2.35. The van der Waals surface area contributed by atoms with Gasteiger partial charge in [0.05, 0.1) is 5.69 Å². The second-order valence-corrected chi connectivity index (χ2v) is 7.25. The van der Waals surface area contributed by atoms with Gasteiger partial charge >= 0.3 is 0 Å². The number of hydrogen-bond donors (Lipinski definition) is 0. The quantitative estimate of drug-likeness (QED) is 0.701. The third-order valence-electron chi connectivity index (χ3n) is 4.60. The molecule has 3 heteroatoms. The minimum absolute atomic E-state index is 0.680. The Morgan fingerprint density at radius 3 is 2.94 bits per heavy atom. The molecule has 2 aliphatic rings. The van der Waals surface area contributed by atoms with Crippen LogP contribution in [-0.4, -0.2) is 9.38 Å². The molecule has 0 radical (unpaired) electrons. The lowest BCUT2D eigenvalue weighted by Crippen LogP contribution is -2.17. The van der Waals surface area contributed by atoms with Crippen LogP contribution >= 0.6 is 11.3 Å². The Hall–Kier alpha value is -0.830. The molecule has 18 heavy (non-hydrogen) atoms. The molecule has 2 heterocycles. The Morgan fingerprint density at radius 1 is 1.22 bits per heavy atom. The second-order valence-electron chi connectivity index (χ2n) is 6.19. The topological polar surface area (TPSA) is 17.3 Å². The Labute approximate surface area is 112 Å². The lowest BCUT2D eigenvalue weighted by Gasteiger charge is -2.24. The molecule has 0 bridgehead atoms. The number of aryl methyl sites for hydroxylation is 2. The molecule has 0 aliphatic heterocycles. The average molecular weight is 260 g/mol. The average Bonchev–Trinajstić information content (AvgIpc) is 2.83. The molecule has 4 rings (SSSR count). The maximum Gasteiger partial charge on any atom is 0.194 e. The van der Waals surface area contributed by atoms with Gasteiger partial charge in [0, 0.05) is 16.3 Å². The molecule has 0 saturated heterocycles. The largest absolute Gasteiger partial charge is 0.291 e. The van der Waals surface area contributed by atoms with Crippen molar-refractivity contribution in [3.05, 3.63) is 22.0 Å². The summed E-state index contributed by atoms with van der Waals surface area (Å²) in [6.45, 7) is 4.75. The molecular weight excluding hydrogens is 240 g/mol. The minimum Gasteiger partial charge on any atom is -0.291 e. The van der Waals surface area contributed by atoms with Gasteiger partial charge in [-0.3, -0.25) is 4.40 Å². The van der Waals surface area contributed by atoms with E-state index in [0.717, 1.165) is 5.92 Å². The van der Waals surface area contributed by atoms with Gasteiger partial charge in [0.2, 0.25) is 0 Å². The molecule has 0 N–H and O–H groups in total. The fourth-order valence-corrected chi connectivity index (χ4v) is 5.12. The number of rotatable bonds is 0. The maximum atomic E-state index is 4.94. The van der Waals surface area contributed by atoms with E-state index in [0.29, 0.717) is 5.92 Å². The van der Waals surface area contributed by atoms with E-state index in [2.05, 4.69) is 18.2 Å². The van der Waals surface area contributed by atoms with Crippen LogP contribution in [0.1, 0.15) is 61.0 Å². The van der Waals surface area contributed by atoms with Gasteiger partial charge in [0.1, 0.15) is 0 Å². The summed E-state index contributed by atoms with van der Waals surface area (Å²) in [6.07, 6.45) is 7.78. The third-order valence-corrected chi connectivity index (χ3v) is 5.74. The zero-order chi connectivity index (χ0) is 12.3. The van der Waals surface area contributed by atoms with Gasteiger partial charge in [-0.15, -0.1) is 11.3 Å². The molecule has 2 aromatic heterocycles. The molecule has 0 fully saturated rings. The second kappa shape index (κ2) is 3.83. The number of fused-ring (bicyclic) bond motifs is 5. The maximum absolute atomic E-state index is 4.94. The van der Waals surface area contributed by atoms with Crippen molar-refractivity contribution < 1.29 is 0 Å². The van der Waals surface area contributed by atoms with Crippen molar-refractivity contribution in [3.63, 3.8) is 0 Å². The van der Waals surface area contributed by atoms with Gasteiger partial charge in [-0.25, -0.2) is 4.98 Å². The van der Waals surface area contributed by atoms with Crippen molar-refractivity contribution in [2.24, 2.45) is 5.92 Å². The van der Waals surface area contributed by atoms with Crippen LogP contribution in [0.2, 0.25) is 0 Å². The number of nitrogens with zero attached hydrogens (tertiary/aromatic N) is 2. The molecule has 2 aliphatic carbocycles. The highest BCUT2D eigenvalue weighted by Crippen LogP contribution is 2.39. The zero-order valence-corrected chi connectivity index (χ0v) is 12.0. The van der Waals surface area contributed by atoms with E-state index in [9.17, 15) is 0 Å². The lowest BCUT2D eigenvalue weighted by molar-refractivity contribution is 0.436. The Balaban J connectivity index is 1.97. The Morgan fingerprint density at radius 2 is 2.06 bits per heavy atom. The summed E-state index contributed by atoms with van der Waals surface area (Å²) in [6, 6.07) is 0. The van der Waals surface area contributed by atoms with Crippen molar-refractivity contribution >= 4 is 16.3 Å². The van der Waals surface area contributed by atoms with Crippen LogP contribution in [-0.2, 0) is 19.3 Å². The van der Waals surface area contributed by atoms with E-state index in [-0.39, 0.29) is 0 Å². The highest BCUT2D eigenvalue weighted by Gasteiger charge is 2.29. The molecule has 2 atom stereocenters. The van der Waals surface area contributed by atoms with E-state index < -0.39 is 0 Å². The molecule has 0 amide bonds. The summed E-state index contributed by atoms with van der Waals surface area (Å²) in [5, 5.41) is 0. The van der Waals surface area contributed by atoms with Crippen LogP contribution in [0.3, 0.4) is 0 Å². The van der Waals surface area contributed by atoms with E-state index in [1.807, 2.05) is 11.3 Å². The summed E-state index contributed by atoms with van der Waals surface area (Å²) < 4.78 is 2.53. The molecule has 0 saturated carbocycles. The highest BCUT2D eigenvalue weighted by molar-refractivity contribution is 7.17. The first-order chi connectivity index (χ1) is 8.74. The lowest BCUT2D eigenvalue weighted by atomic mass is 9.84. The van der Waals surface area contributed by atoms with Crippen molar-refractivity contribution in [1.29, 1.82) is 0 Å². The summed E-state index contributed by atoms with van der Waals surface area (Å²) >= 11 is 1.95. The van der Waals surface area contributed by atoms with Crippen LogP contribution in [0.15, 0.2) is 0 Å². The molecular formula is C15H20N2S. The van der Waals surface area contributed by atoms with Gasteiger partial charge in [-0.1, -0.05) is 13.8 Å². The summed E-state index contributed by atoms with van der Waals surface area (Å²) in [7, 11) is 0. The van der Waals surface area contributed by atoms with Crippen LogP contribution in [0.5, 0.6) is 0 Å². The standard InChI is InChI=1S/C15H20N2S/c1-9-7-10(2)14-11(8-9)16-15-17(14)12-5-3-4-6-13(12)18-15/h9-10H,3-8H2,1-2H3. The predicted octanol–water partition coefficient (Wildman–Crippen LogP) is 3.96. The normalized spacial score (nSPS) is 27.2. The SMILES string of the molecule is CC1Cc2nc3sc4c(n3c2C(C)C1)CCCC4. The molecule has 0 spiro atoms. The van der Waals surface area contributed by atoms with Crippen LogP contribution in [0, 0.1) is 5.92 Å². The van der Waals surface area contributed by atoms with Crippen LogP contribution in [0.25, 0.3) is 4.96 Å². The summed E-state index contributed by atoms with van der Waals surface area (Å²) in [5.41, 5.74) is 4.53. The smallest absolute Gasteiger partial charge is 0.194 e. The van der Waals surface area contributed by atoms with Crippen molar-refractivity contribution in [3.8, 4) is 0 Å². The van der Waals surface area contributed by atoms with Gasteiger partial charge < -0.3 is 0 Å². The molecule has 2 unspecified atom stereocenters. The van der Waals surface area contributed by atoms with Crippen molar-refractivity contribution in [2.45, 2.75) is 58.3 Å². The molecule has 0 aromatic carbocycles. The number of hydrogen-bond acceptors (Lipinski definition) is 2. The highest BCUT2D eigenvalue weighted by atomic mass is 32.1. The molecule has 2 aromatic rings. The van der Waals surface area contributed by atoms with Crippen LogP contribution < -0.4 is 0 Å². The zero-order valence-electron chi connectivity index (χ0n) is 11.2. The first-order valence-corrected chi connectivity index (χ1v) is 8.07. The monoisotopic (exact) mass is 260 g/mol. The van der Waals surface area contributed by atoms with E-state index >= 15 is 0 Å². The number of thiazole rings is 1. The predicted molar refractivity (Wildman–Crippen MR) is 75.6 cm³/mol. The summed E-state index contributed by atoms with van der Waals surface area (Å²) in [4.78, 5) is 7.82.